The summed E-state index contributed by atoms with van der Waals surface area (Å²) < 4.78 is 6.60. The van der Waals surface area contributed by atoms with Gasteiger partial charge in [-0.2, -0.15) is 0 Å². The molecule has 4 atom stereocenters. The lowest BCUT2D eigenvalue weighted by Crippen LogP contribution is -2.46. The molecule has 2 saturated carbocycles. The second-order valence-electron chi connectivity index (χ2n) is 7.55. The smallest absolute Gasteiger partial charge is 0.0779 e. The molecule has 106 valence electrons. The fraction of sp³-hybridized carbons (Fsp3) is 1.00. The third-order valence-corrected chi connectivity index (χ3v) is 6.44. The molecule has 2 heteroatoms. The summed E-state index contributed by atoms with van der Waals surface area (Å²) in [5.41, 5.74) is 0.816. The normalized spacial score (nSPS) is 41.0. The molecule has 0 aromatic rings. The molecular weight excluding hydrogens is 222 g/mol. The predicted molar refractivity (Wildman–Crippen MR) is 76.7 cm³/mol. The third kappa shape index (κ3) is 1.92. The van der Waals surface area contributed by atoms with E-state index in [0.717, 1.165) is 18.9 Å². The van der Waals surface area contributed by atoms with E-state index in [9.17, 15) is 0 Å². The molecule has 4 unspecified atom stereocenters. The second kappa shape index (κ2) is 4.49. The minimum atomic E-state index is -0.0109. The average molecular weight is 253 g/mol. The van der Waals surface area contributed by atoms with Crippen LogP contribution in [0.25, 0.3) is 0 Å². The largest absolute Gasteiger partial charge is 0.370 e. The molecule has 2 aliphatic rings. The van der Waals surface area contributed by atoms with Crippen molar-refractivity contribution in [3.05, 3.63) is 0 Å². The molecule has 2 aliphatic carbocycles. The first-order valence-corrected chi connectivity index (χ1v) is 7.61. The number of fused-ring (bicyclic) bond motifs is 2. The maximum Gasteiger partial charge on any atom is 0.0779 e. The first-order chi connectivity index (χ1) is 8.29. The molecule has 0 aromatic carbocycles. The standard InChI is InChI=1S/C16H31NO/c1-7-15(4,11-17-6)18-13-10-12-8-9-16(13,5)14(12,2)3/h12-13,17H,7-11H2,1-6H3. The summed E-state index contributed by atoms with van der Waals surface area (Å²) in [6.45, 7) is 12.8. The van der Waals surface area contributed by atoms with Crippen LogP contribution in [0.3, 0.4) is 0 Å². The van der Waals surface area contributed by atoms with Crippen LogP contribution >= 0.6 is 0 Å². The molecule has 1 N–H and O–H groups in total. The van der Waals surface area contributed by atoms with Gasteiger partial charge < -0.3 is 10.1 Å². The van der Waals surface area contributed by atoms with Gasteiger partial charge in [0, 0.05) is 6.54 Å². The number of ether oxygens (including phenoxy) is 1. The summed E-state index contributed by atoms with van der Waals surface area (Å²) in [4.78, 5) is 0. The quantitative estimate of drug-likeness (QED) is 0.808. The topological polar surface area (TPSA) is 21.3 Å². The Labute approximate surface area is 113 Å². The van der Waals surface area contributed by atoms with Crippen molar-refractivity contribution in [2.75, 3.05) is 13.6 Å². The molecule has 18 heavy (non-hydrogen) atoms. The van der Waals surface area contributed by atoms with E-state index >= 15 is 0 Å². The molecule has 2 rings (SSSR count). The van der Waals surface area contributed by atoms with Gasteiger partial charge in [0.05, 0.1) is 11.7 Å². The maximum absolute atomic E-state index is 6.60. The molecule has 0 heterocycles. The third-order valence-electron chi connectivity index (χ3n) is 6.44. The molecule has 0 spiro atoms. The van der Waals surface area contributed by atoms with E-state index in [4.69, 9.17) is 4.74 Å². The van der Waals surface area contributed by atoms with Gasteiger partial charge >= 0.3 is 0 Å². The van der Waals surface area contributed by atoms with Gasteiger partial charge in [0.25, 0.3) is 0 Å². The molecule has 0 radical (unpaired) electrons. The fourth-order valence-corrected chi connectivity index (χ4v) is 4.28. The van der Waals surface area contributed by atoms with E-state index in [-0.39, 0.29) is 5.60 Å². The van der Waals surface area contributed by atoms with E-state index in [1.54, 1.807) is 0 Å². The number of likely N-dealkylation sites (N-methyl/N-ethyl adjacent to an activating group) is 1. The summed E-state index contributed by atoms with van der Waals surface area (Å²) in [6.07, 6.45) is 5.53. The van der Waals surface area contributed by atoms with Gasteiger partial charge in [-0.15, -0.1) is 0 Å². The van der Waals surface area contributed by atoms with Crippen molar-refractivity contribution in [1.29, 1.82) is 0 Å². The average Bonchev–Trinajstić information content (AvgIpc) is 2.62. The van der Waals surface area contributed by atoms with Gasteiger partial charge in [-0.05, 0) is 56.4 Å². The lowest BCUT2D eigenvalue weighted by Gasteiger charge is -2.43. The highest BCUT2D eigenvalue weighted by molar-refractivity contribution is 5.11. The van der Waals surface area contributed by atoms with Crippen LogP contribution in [0, 0.1) is 16.7 Å². The van der Waals surface area contributed by atoms with Crippen LogP contribution in [0.4, 0.5) is 0 Å². The van der Waals surface area contributed by atoms with E-state index in [1.807, 2.05) is 7.05 Å². The zero-order chi connectivity index (χ0) is 13.6. The van der Waals surface area contributed by atoms with Crippen molar-refractivity contribution in [1.82, 2.24) is 5.32 Å². The van der Waals surface area contributed by atoms with Crippen LogP contribution in [-0.4, -0.2) is 25.3 Å². The van der Waals surface area contributed by atoms with Gasteiger partial charge in [-0.3, -0.25) is 0 Å². The highest BCUT2D eigenvalue weighted by Gasteiger charge is 2.62. The van der Waals surface area contributed by atoms with Crippen molar-refractivity contribution >= 4 is 0 Å². The van der Waals surface area contributed by atoms with Crippen molar-refractivity contribution < 1.29 is 4.74 Å². The molecule has 0 aromatic heterocycles. The Balaban J connectivity index is 2.13. The Bertz CT molecular complexity index is 314. The first-order valence-electron chi connectivity index (χ1n) is 7.61. The lowest BCUT2D eigenvalue weighted by molar-refractivity contribution is -0.135. The van der Waals surface area contributed by atoms with Gasteiger partial charge in [0.1, 0.15) is 0 Å². The lowest BCUT2D eigenvalue weighted by atomic mass is 9.70. The van der Waals surface area contributed by atoms with Crippen LogP contribution in [0.5, 0.6) is 0 Å². The maximum atomic E-state index is 6.60. The highest BCUT2D eigenvalue weighted by Crippen LogP contribution is 2.66. The molecule has 0 saturated heterocycles. The van der Waals surface area contributed by atoms with Crippen LogP contribution in [-0.2, 0) is 4.74 Å². The number of hydrogen-bond acceptors (Lipinski definition) is 2. The molecule has 2 bridgehead atoms. The van der Waals surface area contributed by atoms with E-state index in [2.05, 4.69) is 39.9 Å². The molecule has 0 aliphatic heterocycles. The Kier molecular flexibility index (Phi) is 3.57. The Morgan fingerprint density at radius 2 is 2.00 bits per heavy atom. The first kappa shape index (κ1) is 14.3. The van der Waals surface area contributed by atoms with Crippen molar-refractivity contribution in [3.63, 3.8) is 0 Å². The summed E-state index contributed by atoms with van der Waals surface area (Å²) in [5, 5.41) is 3.29. The molecule has 2 nitrogen and oxygen atoms in total. The van der Waals surface area contributed by atoms with Gasteiger partial charge in [-0.1, -0.05) is 27.7 Å². The summed E-state index contributed by atoms with van der Waals surface area (Å²) >= 11 is 0. The van der Waals surface area contributed by atoms with Gasteiger partial charge in [-0.25, -0.2) is 0 Å². The van der Waals surface area contributed by atoms with E-state index in [1.165, 1.54) is 19.3 Å². The van der Waals surface area contributed by atoms with Gasteiger partial charge in [0.2, 0.25) is 0 Å². The molecular formula is C16H31NO. The number of hydrogen-bond donors (Lipinski definition) is 1. The summed E-state index contributed by atoms with van der Waals surface area (Å²) in [5.74, 6) is 0.864. The van der Waals surface area contributed by atoms with Crippen molar-refractivity contribution in [3.8, 4) is 0 Å². The summed E-state index contributed by atoms with van der Waals surface area (Å²) in [6, 6.07) is 0. The minimum absolute atomic E-state index is 0.0109. The monoisotopic (exact) mass is 253 g/mol. The minimum Gasteiger partial charge on any atom is -0.370 e. The van der Waals surface area contributed by atoms with Crippen LogP contribution in [0.2, 0.25) is 0 Å². The Morgan fingerprint density at radius 3 is 2.39 bits per heavy atom. The van der Waals surface area contributed by atoms with E-state index < -0.39 is 0 Å². The van der Waals surface area contributed by atoms with Crippen LogP contribution < -0.4 is 5.32 Å². The second-order valence-corrected chi connectivity index (χ2v) is 7.55. The number of rotatable bonds is 5. The predicted octanol–water partition coefficient (Wildman–Crippen LogP) is 3.61. The van der Waals surface area contributed by atoms with Crippen LogP contribution in [0.15, 0.2) is 0 Å². The number of nitrogens with one attached hydrogen (secondary N) is 1. The fourth-order valence-electron chi connectivity index (χ4n) is 4.28. The molecule has 0 amide bonds. The van der Waals surface area contributed by atoms with E-state index in [0.29, 0.717) is 16.9 Å². The highest BCUT2D eigenvalue weighted by atomic mass is 16.5. The van der Waals surface area contributed by atoms with Crippen LogP contribution in [0.1, 0.15) is 60.3 Å². The SMILES string of the molecule is CCC(C)(CNC)OC1CC2CCC1(C)C2(C)C. The van der Waals surface area contributed by atoms with Crippen molar-refractivity contribution in [2.24, 2.45) is 16.7 Å². The zero-order valence-corrected chi connectivity index (χ0v) is 13.1. The summed E-state index contributed by atoms with van der Waals surface area (Å²) in [7, 11) is 2.02. The van der Waals surface area contributed by atoms with Gasteiger partial charge in [0.15, 0.2) is 0 Å². The zero-order valence-electron chi connectivity index (χ0n) is 13.1. The Morgan fingerprint density at radius 1 is 1.33 bits per heavy atom. The Hall–Kier alpha value is -0.0800. The molecule has 2 fully saturated rings. The van der Waals surface area contributed by atoms with Crippen molar-refractivity contribution in [2.45, 2.75) is 72.0 Å².